The second-order valence-corrected chi connectivity index (χ2v) is 4.01. The fraction of sp³-hybridized carbons (Fsp3) is 0.500. The molecule has 2 rings (SSSR count). The van der Waals surface area contributed by atoms with Gasteiger partial charge in [0.15, 0.2) is 0 Å². The van der Waals surface area contributed by atoms with Gasteiger partial charge in [0.1, 0.15) is 0 Å². The first-order valence-electron chi connectivity index (χ1n) is 5.34. The Morgan fingerprint density at radius 1 is 1.50 bits per heavy atom. The van der Waals surface area contributed by atoms with E-state index in [-0.39, 0.29) is 0 Å². The van der Waals surface area contributed by atoms with Crippen LogP contribution in [-0.4, -0.2) is 12.6 Å². The summed E-state index contributed by atoms with van der Waals surface area (Å²) in [5.74, 6) is 0. The third-order valence-electron chi connectivity index (χ3n) is 3.08. The summed E-state index contributed by atoms with van der Waals surface area (Å²) >= 11 is 0. The van der Waals surface area contributed by atoms with Crippen molar-refractivity contribution < 1.29 is 0 Å². The van der Waals surface area contributed by atoms with Gasteiger partial charge in [-0.2, -0.15) is 0 Å². The third-order valence-corrected chi connectivity index (χ3v) is 3.08. The first kappa shape index (κ1) is 9.53. The van der Waals surface area contributed by atoms with Crippen molar-refractivity contribution in [1.29, 1.82) is 0 Å². The Morgan fingerprint density at radius 2 is 2.29 bits per heavy atom. The van der Waals surface area contributed by atoms with Crippen molar-refractivity contribution in [3.8, 4) is 0 Å². The molecule has 0 fully saturated rings. The van der Waals surface area contributed by atoms with Gasteiger partial charge in [-0.25, -0.2) is 0 Å². The molecule has 0 bridgehead atoms. The summed E-state index contributed by atoms with van der Waals surface area (Å²) in [6, 6.07) is 7.25. The minimum atomic E-state index is 0.638. The molecule has 0 saturated heterocycles. The van der Waals surface area contributed by atoms with E-state index in [1.54, 1.807) is 0 Å². The predicted molar refractivity (Wildman–Crippen MR) is 60.5 cm³/mol. The lowest BCUT2D eigenvalue weighted by atomic mass is 10.1. The molecular weight excluding hydrogens is 172 g/mol. The lowest BCUT2D eigenvalue weighted by molar-refractivity contribution is 0.690. The number of nitrogens with zero attached hydrogens (tertiary/aromatic N) is 1. The molecule has 1 heterocycles. The van der Waals surface area contributed by atoms with Crippen molar-refractivity contribution in [3.63, 3.8) is 0 Å². The summed E-state index contributed by atoms with van der Waals surface area (Å²) in [4.78, 5) is 2.45. The van der Waals surface area contributed by atoms with E-state index in [0.717, 1.165) is 6.54 Å². The fourth-order valence-corrected chi connectivity index (χ4v) is 2.32. The van der Waals surface area contributed by atoms with Gasteiger partial charge in [-0.1, -0.05) is 12.1 Å². The highest BCUT2D eigenvalue weighted by atomic mass is 15.2. The number of likely N-dealkylation sites (N-methyl/N-ethyl adjacent to an activating group) is 1. The Bertz CT molecular complexity index is 333. The molecule has 76 valence electrons. The normalized spacial score (nSPS) is 19.9. The molecule has 1 unspecified atom stereocenters. The number of rotatable bonds is 2. The average molecular weight is 190 g/mol. The predicted octanol–water partition coefficient (Wildman–Crippen LogP) is 1.92. The van der Waals surface area contributed by atoms with Crippen LogP contribution in [0.1, 0.15) is 25.0 Å². The largest absolute Gasteiger partial charge is 0.369 e. The molecule has 0 amide bonds. The van der Waals surface area contributed by atoms with Crippen LogP contribution in [0, 0.1) is 0 Å². The zero-order chi connectivity index (χ0) is 10.1. The van der Waals surface area contributed by atoms with E-state index < -0.39 is 0 Å². The third kappa shape index (κ3) is 1.40. The Labute approximate surface area is 85.7 Å². The first-order chi connectivity index (χ1) is 6.76. The monoisotopic (exact) mass is 190 g/mol. The van der Waals surface area contributed by atoms with Gasteiger partial charge in [0.25, 0.3) is 0 Å². The van der Waals surface area contributed by atoms with Crippen LogP contribution in [-0.2, 0) is 13.0 Å². The maximum Gasteiger partial charge on any atom is 0.0405 e. The Kier molecular flexibility index (Phi) is 2.46. The molecular formula is C12H18N2. The number of hydrogen-bond donors (Lipinski definition) is 1. The topological polar surface area (TPSA) is 29.3 Å². The van der Waals surface area contributed by atoms with E-state index in [1.165, 1.54) is 23.2 Å². The van der Waals surface area contributed by atoms with Gasteiger partial charge in [0, 0.05) is 24.8 Å². The van der Waals surface area contributed by atoms with Crippen molar-refractivity contribution in [2.75, 3.05) is 11.4 Å². The van der Waals surface area contributed by atoms with E-state index in [1.807, 2.05) is 0 Å². The summed E-state index contributed by atoms with van der Waals surface area (Å²) in [7, 11) is 0. The highest BCUT2D eigenvalue weighted by molar-refractivity contribution is 5.60. The molecule has 2 nitrogen and oxygen atoms in total. The van der Waals surface area contributed by atoms with Gasteiger partial charge >= 0.3 is 0 Å². The second kappa shape index (κ2) is 3.62. The summed E-state index contributed by atoms with van der Waals surface area (Å²) in [6.07, 6.45) is 1.17. The number of anilines is 1. The summed E-state index contributed by atoms with van der Waals surface area (Å²) < 4.78 is 0. The molecule has 0 radical (unpaired) electrons. The molecule has 1 aromatic rings. The van der Waals surface area contributed by atoms with Crippen LogP contribution in [0.3, 0.4) is 0 Å². The SMILES string of the molecule is CCN1c2cc(CN)ccc2CC1C. The number of benzene rings is 1. The van der Waals surface area contributed by atoms with Crippen molar-refractivity contribution in [2.24, 2.45) is 5.73 Å². The lowest BCUT2D eigenvalue weighted by Gasteiger charge is -2.23. The van der Waals surface area contributed by atoms with Gasteiger partial charge in [0.05, 0.1) is 0 Å². The highest BCUT2D eigenvalue weighted by Crippen LogP contribution is 2.32. The van der Waals surface area contributed by atoms with E-state index in [2.05, 4.69) is 36.9 Å². The van der Waals surface area contributed by atoms with Crippen LogP contribution >= 0.6 is 0 Å². The summed E-state index contributed by atoms with van der Waals surface area (Å²) in [6.45, 7) is 6.22. The summed E-state index contributed by atoms with van der Waals surface area (Å²) in [5, 5.41) is 0. The number of fused-ring (bicyclic) bond motifs is 1. The molecule has 2 heteroatoms. The van der Waals surface area contributed by atoms with Gasteiger partial charge in [-0.05, 0) is 37.5 Å². The number of nitrogens with two attached hydrogens (primary N) is 1. The van der Waals surface area contributed by atoms with Gasteiger partial charge in [0.2, 0.25) is 0 Å². The molecule has 0 spiro atoms. The van der Waals surface area contributed by atoms with E-state index in [9.17, 15) is 0 Å². The van der Waals surface area contributed by atoms with Gasteiger partial charge in [-0.15, -0.1) is 0 Å². The molecule has 14 heavy (non-hydrogen) atoms. The minimum Gasteiger partial charge on any atom is -0.369 e. The average Bonchev–Trinajstić information content (AvgIpc) is 2.52. The van der Waals surface area contributed by atoms with Crippen molar-refractivity contribution in [3.05, 3.63) is 29.3 Å². The molecule has 1 aliphatic heterocycles. The molecule has 1 aromatic carbocycles. The Morgan fingerprint density at radius 3 is 2.93 bits per heavy atom. The minimum absolute atomic E-state index is 0.638. The summed E-state index contributed by atoms with van der Waals surface area (Å²) in [5.41, 5.74) is 9.74. The zero-order valence-corrected chi connectivity index (χ0v) is 8.96. The van der Waals surface area contributed by atoms with Crippen LogP contribution in [0.2, 0.25) is 0 Å². The van der Waals surface area contributed by atoms with Crippen molar-refractivity contribution in [1.82, 2.24) is 0 Å². The Hall–Kier alpha value is -1.02. The van der Waals surface area contributed by atoms with E-state index in [4.69, 9.17) is 5.73 Å². The van der Waals surface area contributed by atoms with Gasteiger partial charge in [-0.3, -0.25) is 0 Å². The molecule has 0 saturated carbocycles. The maximum absolute atomic E-state index is 5.65. The molecule has 0 aromatic heterocycles. The van der Waals surface area contributed by atoms with Crippen LogP contribution < -0.4 is 10.6 Å². The van der Waals surface area contributed by atoms with Crippen LogP contribution in [0.25, 0.3) is 0 Å². The lowest BCUT2D eigenvalue weighted by Crippen LogP contribution is -2.28. The van der Waals surface area contributed by atoms with Crippen LogP contribution in [0.4, 0.5) is 5.69 Å². The van der Waals surface area contributed by atoms with Crippen molar-refractivity contribution in [2.45, 2.75) is 32.9 Å². The standard InChI is InChI=1S/C12H18N2/c1-3-14-9(2)6-11-5-4-10(8-13)7-12(11)14/h4-5,7,9H,3,6,8,13H2,1-2H3. The Balaban J connectivity index is 2.39. The molecule has 2 N–H and O–H groups in total. The van der Waals surface area contributed by atoms with Gasteiger partial charge < -0.3 is 10.6 Å². The van der Waals surface area contributed by atoms with E-state index >= 15 is 0 Å². The number of hydrogen-bond acceptors (Lipinski definition) is 2. The molecule has 1 aliphatic rings. The highest BCUT2D eigenvalue weighted by Gasteiger charge is 2.24. The second-order valence-electron chi connectivity index (χ2n) is 4.01. The smallest absolute Gasteiger partial charge is 0.0405 e. The maximum atomic E-state index is 5.65. The van der Waals surface area contributed by atoms with Crippen molar-refractivity contribution >= 4 is 5.69 Å². The van der Waals surface area contributed by atoms with E-state index in [0.29, 0.717) is 12.6 Å². The quantitative estimate of drug-likeness (QED) is 0.772. The molecule has 1 atom stereocenters. The first-order valence-corrected chi connectivity index (χ1v) is 5.34. The fourth-order valence-electron chi connectivity index (χ4n) is 2.32. The molecule has 0 aliphatic carbocycles. The zero-order valence-electron chi connectivity index (χ0n) is 8.96. The van der Waals surface area contributed by atoms with Crippen LogP contribution in [0.15, 0.2) is 18.2 Å². The van der Waals surface area contributed by atoms with Crippen LogP contribution in [0.5, 0.6) is 0 Å².